The van der Waals surface area contributed by atoms with Gasteiger partial charge in [-0.25, -0.2) is 9.18 Å². The Labute approximate surface area is 108 Å². The largest absolute Gasteiger partial charge is 0.444 e. The van der Waals surface area contributed by atoms with Crippen LogP contribution >= 0.6 is 15.9 Å². The van der Waals surface area contributed by atoms with E-state index in [-0.39, 0.29) is 12.4 Å². The molecule has 0 heterocycles. The van der Waals surface area contributed by atoms with E-state index < -0.39 is 11.7 Å². The number of halogens is 2. The van der Waals surface area contributed by atoms with Crippen LogP contribution in [0.3, 0.4) is 0 Å². The predicted molar refractivity (Wildman–Crippen MR) is 67.2 cm³/mol. The molecule has 0 fully saturated rings. The molecule has 0 spiro atoms. The van der Waals surface area contributed by atoms with Gasteiger partial charge in [0.2, 0.25) is 0 Å². The van der Waals surface area contributed by atoms with Crippen molar-refractivity contribution in [2.24, 2.45) is 0 Å². The van der Waals surface area contributed by atoms with Crippen molar-refractivity contribution in [2.75, 3.05) is 0 Å². The van der Waals surface area contributed by atoms with E-state index in [1.807, 2.05) is 0 Å². The number of hydrogen-bond donors (Lipinski definition) is 1. The molecule has 0 saturated heterocycles. The summed E-state index contributed by atoms with van der Waals surface area (Å²) in [6, 6.07) is 4.31. The zero-order valence-corrected chi connectivity index (χ0v) is 11.6. The summed E-state index contributed by atoms with van der Waals surface area (Å²) >= 11 is 3.28. The topological polar surface area (TPSA) is 38.3 Å². The van der Waals surface area contributed by atoms with Crippen LogP contribution in [0, 0.1) is 5.82 Å². The standard InChI is InChI=1S/C12H15BrFNO2/c1-12(2,3)17-11(16)15-7-8-6-9(14)4-5-10(8)13/h4-6H,7H2,1-3H3,(H,15,16). The highest BCUT2D eigenvalue weighted by molar-refractivity contribution is 9.10. The molecule has 94 valence electrons. The molecule has 0 aliphatic heterocycles. The summed E-state index contributed by atoms with van der Waals surface area (Å²) in [5.41, 5.74) is 0.124. The van der Waals surface area contributed by atoms with E-state index in [2.05, 4.69) is 21.2 Å². The lowest BCUT2D eigenvalue weighted by molar-refractivity contribution is 0.0523. The molecule has 0 saturated carbocycles. The molecule has 3 nitrogen and oxygen atoms in total. The second-order valence-corrected chi connectivity index (χ2v) is 5.45. The number of carbonyl (C=O) groups is 1. The summed E-state index contributed by atoms with van der Waals surface area (Å²) < 4.78 is 18.8. The van der Waals surface area contributed by atoms with E-state index in [4.69, 9.17) is 4.74 Å². The molecule has 0 aromatic heterocycles. The smallest absolute Gasteiger partial charge is 0.407 e. The van der Waals surface area contributed by atoms with Crippen molar-refractivity contribution >= 4 is 22.0 Å². The number of ether oxygens (including phenoxy) is 1. The molecule has 1 aromatic carbocycles. The lowest BCUT2D eigenvalue weighted by atomic mass is 10.2. The van der Waals surface area contributed by atoms with Gasteiger partial charge in [0.15, 0.2) is 0 Å². The number of carbonyl (C=O) groups excluding carboxylic acids is 1. The van der Waals surface area contributed by atoms with Crippen molar-refractivity contribution in [3.8, 4) is 0 Å². The molecule has 0 unspecified atom stereocenters. The van der Waals surface area contributed by atoms with Crippen LogP contribution in [-0.2, 0) is 11.3 Å². The summed E-state index contributed by atoms with van der Waals surface area (Å²) in [6.07, 6.45) is -0.520. The first kappa shape index (κ1) is 14.0. The zero-order chi connectivity index (χ0) is 13.1. The molecule has 1 aromatic rings. The second kappa shape index (κ2) is 5.49. The molecule has 17 heavy (non-hydrogen) atoms. The summed E-state index contributed by atoms with van der Waals surface area (Å²) in [4.78, 5) is 11.4. The highest BCUT2D eigenvalue weighted by Crippen LogP contribution is 2.17. The number of hydrogen-bond acceptors (Lipinski definition) is 2. The van der Waals surface area contributed by atoms with Gasteiger partial charge in [-0.1, -0.05) is 15.9 Å². The van der Waals surface area contributed by atoms with Crippen molar-refractivity contribution in [2.45, 2.75) is 32.9 Å². The van der Waals surface area contributed by atoms with Gasteiger partial charge in [-0.2, -0.15) is 0 Å². The Morgan fingerprint density at radius 2 is 2.12 bits per heavy atom. The maximum Gasteiger partial charge on any atom is 0.407 e. The third-order valence-electron chi connectivity index (χ3n) is 1.83. The minimum absolute atomic E-state index is 0.216. The van der Waals surface area contributed by atoms with E-state index in [1.165, 1.54) is 12.1 Å². The molecular weight excluding hydrogens is 289 g/mol. The fourth-order valence-corrected chi connectivity index (χ4v) is 1.55. The monoisotopic (exact) mass is 303 g/mol. The van der Waals surface area contributed by atoms with Crippen molar-refractivity contribution in [3.63, 3.8) is 0 Å². The first-order chi connectivity index (χ1) is 7.78. The maximum atomic E-state index is 13.0. The van der Waals surface area contributed by atoms with Gasteiger partial charge >= 0.3 is 6.09 Å². The third kappa shape index (κ3) is 5.17. The van der Waals surface area contributed by atoms with Crippen molar-refractivity contribution in [1.29, 1.82) is 0 Å². The summed E-state index contributed by atoms with van der Waals surface area (Å²) in [5.74, 6) is -0.339. The Morgan fingerprint density at radius 3 is 2.71 bits per heavy atom. The highest BCUT2D eigenvalue weighted by atomic mass is 79.9. The van der Waals surface area contributed by atoms with Crippen LogP contribution < -0.4 is 5.32 Å². The first-order valence-corrected chi connectivity index (χ1v) is 5.98. The Bertz CT molecular complexity index is 415. The summed E-state index contributed by atoms with van der Waals surface area (Å²) in [7, 11) is 0. The van der Waals surface area contributed by atoms with Crippen molar-refractivity contribution in [3.05, 3.63) is 34.1 Å². The number of rotatable bonds is 2. The van der Waals surface area contributed by atoms with Gasteiger partial charge in [-0.15, -0.1) is 0 Å². The number of amides is 1. The molecule has 1 rings (SSSR count). The number of alkyl carbamates (subject to hydrolysis) is 1. The molecule has 0 bridgehead atoms. The van der Waals surface area contributed by atoms with Gasteiger partial charge in [-0.05, 0) is 44.5 Å². The van der Waals surface area contributed by atoms with Crippen molar-refractivity contribution < 1.29 is 13.9 Å². The van der Waals surface area contributed by atoms with E-state index in [0.29, 0.717) is 5.56 Å². The van der Waals surface area contributed by atoms with E-state index in [0.717, 1.165) is 4.47 Å². The molecule has 1 N–H and O–H groups in total. The Kier molecular flexibility index (Phi) is 4.51. The number of benzene rings is 1. The van der Waals surface area contributed by atoms with Gasteiger partial charge in [0.05, 0.1) is 0 Å². The summed E-state index contributed by atoms with van der Waals surface area (Å²) in [6.45, 7) is 5.56. The Hall–Kier alpha value is -1.10. The maximum absolute atomic E-state index is 13.0. The predicted octanol–water partition coefficient (Wildman–Crippen LogP) is 3.61. The fourth-order valence-electron chi connectivity index (χ4n) is 1.16. The minimum atomic E-state index is -0.538. The molecule has 0 aliphatic carbocycles. The molecule has 0 aliphatic rings. The highest BCUT2D eigenvalue weighted by Gasteiger charge is 2.16. The normalized spacial score (nSPS) is 11.1. The third-order valence-corrected chi connectivity index (χ3v) is 2.60. The SMILES string of the molecule is CC(C)(C)OC(=O)NCc1cc(F)ccc1Br. The van der Waals surface area contributed by atoms with Gasteiger partial charge in [0.1, 0.15) is 11.4 Å². The lowest BCUT2D eigenvalue weighted by Gasteiger charge is -2.19. The van der Waals surface area contributed by atoms with Gasteiger partial charge in [0.25, 0.3) is 0 Å². The molecule has 0 atom stereocenters. The van der Waals surface area contributed by atoms with Crippen LogP contribution in [0.15, 0.2) is 22.7 Å². The average molecular weight is 304 g/mol. The van der Waals surface area contributed by atoms with Crippen LogP contribution in [0.5, 0.6) is 0 Å². The Morgan fingerprint density at radius 1 is 1.47 bits per heavy atom. The quantitative estimate of drug-likeness (QED) is 0.906. The molecule has 1 amide bonds. The van der Waals surface area contributed by atoms with Crippen LogP contribution in [0.2, 0.25) is 0 Å². The molecule has 5 heteroatoms. The van der Waals surface area contributed by atoms with Gasteiger partial charge < -0.3 is 10.1 Å². The van der Waals surface area contributed by atoms with Crippen molar-refractivity contribution in [1.82, 2.24) is 5.32 Å². The van der Waals surface area contributed by atoms with E-state index in [1.54, 1.807) is 26.8 Å². The molecular formula is C12H15BrFNO2. The van der Waals surface area contributed by atoms with Gasteiger partial charge in [0, 0.05) is 11.0 Å². The fraction of sp³-hybridized carbons (Fsp3) is 0.417. The van der Waals surface area contributed by atoms with Gasteiger partial charge in [-0.3, -0.25) is 0 Å². The number of nitrogens with one attached hydrogen (secondary N) is 1. The van der Waals surface area contributed by atoms with Crippen LogP contribution in [0.25, 0.3) is 0 Å². The second-order valence-electron chi connectivity index (χ2n) is 4.59. The lowest BCUT2D eigenvalue weighted by Crippen LogP contribution is -2.32. The van der Waals surface area contributed by atoms with E-state index >= 15 is 0 Å². The van der Waals surface area contributed by atoms with E-state index in [9.17, 15) is 9.18 Å². The average Bonchev–Trinajstić information content (AvgIpc) is 2.17. The zero-order valence-electron chi connectivity index (χ0n) is 10.0. The summed E-state index contributed by atoms with van der Waals surface area (Å²) in [5, 5.41) is 2.57. The Balaban J connectivity index is 2.56. The minimum Gasteiger partial charge on any atom is -0.444 e. The van der Waals surface area contributed by atoms with Crippen LogP contribution in [0.1, 0.15) is 26.3 Å². The van der Waals surface area contributed by atoms with Crippen LogP contribution in [-0.4, -0.2) is 11.7 Å². The van der Waals surface area contributed by atoms with Crippen LogP contribution in [0.4, 0.5) is 9.18 Å². The molecule has 0 radical (unpaired) electrons. The first-order valence-electron chi connectivity index (χ1n) is 5.19.